The van der Waals surface area contributed by atoms with Crippen molar-refractivity contribution in [3.8, 4) is 11.5 Å². The van der Waals surface area contributed by atoms with E-state index in [4.69, 9.17) is 14.3 Å². The number of hydrogen-bond donors (Lipinski definition) is 1. The average Bonchev–Trinajstić information content (AvgIpc) is 3.58. The van der Waals surface area contributed by atoms with Crippen molar-refractivity contribution in [1.29, 1.82) is 0 Å². The molecule has 4 aliphatic rings. The molecule has 0 atom stereocenters. The summed E-state index contributed by atoms with van der Waals surface area (Å²) in [5.74, 6) is 2.08. The fraction of sp³-hybridized carbons (Fsp3) is 0.692. The van der Waals surface area contributed by atoms with Gasteiger partial charge >= 0.3 is 0 Å². The normalized spacial score (nSPS) is 28.5. The molecule has 0 unspecified atom stereocenters. The Kier molecular flexibility index (Phi) is 6.29. The molecular weight excluding hydrogens is 404 g/mol. The number of carbonyl (C=O) groups excluding carboxylic acids is 1. The molecular formula is C26H36N2O4. The van der Waals surface area contributed by atoms with Crippen LogP contribution in [0.2, 0.25) is 0 Å². The molecule has 5 rings (SSSR count). The Morgan fingerprint density at radius 1 is 1.03 bits per heavy atom. The zero-order chi connectivity index (χ0) is 22.0. The lowest BCUT2D eigenvalue weighted by Crippen LogP contribution is -2.45. The maximum absolute atomic E-state index is 12.5. The minimum atomic E-state index is -0.226. The van der Waals surface area contributed by atoms with Crippen LogP contribution >= 0.6 is 0 Å². The van der Waals surface area contributed by atoms with E-state index < -0.39 is 0 Å². The summed E-state index contributed by atoms with van der Waals surface area (Å²) in [5, 5.41) is 7.80. The number of nitrogens with zero attached hydrogens (tertiary/aromatic N) is 1. The molecule has 3 fully saturated rings. The summed E-state index contributed by atoms with van der Waals surface area (Å²) in [6, 6.07) is 6.36. The predicted molar refractivity (Wildman–Crippen MR) is 123 cm³/mol. The number of oxime groups is 1. The molecule has 0 bridgehead atoms. The second kappa shape index (κ2) is 9.32. The molecule has 1 aromatic rings. The van der Waals surface area contributed by atoms with E-state index in [1.165, 1.54) is 25.7 Å². The van der Waals surface area contributed by atoms with Crippen LogP contribution in [0.5, 0.6) is 11.5 Å². The molecule has 0 radical (unpaired) electrons. The van der Waals surface area contributed by atoms with Gasteiger partial charge in [-0.15, -0.1) is 0 Å². The lowest BCUT2D eigenvalue weighted by Gasteiger charge is -2.35. The zero-order valence-corrected chi connectivity index (χ0v) is 19.2. The molecule has 1 amide bonds. The Bertz CT molecular complexity index is 847. The molecule has 32 heavy (non-hydrogen) atoms. The average molecular weight is 441 g/mol. The van der Waals surface area contributed by atoms with Gasteiger partial charge in [0.15, 0.2) is 11.5 Å². The molecule has 1 spiro atoms. The fourth-order valence-electron chi connectivity index (χ4n) is 5.87. The third-order valence-corrected chi connectivity index (χ3v) is 7.90. The van der Waals surface area contributed by atoms with E-state index in [1.54, 1.807) is 7.11 Å². The highest BCUT2D eigenvalue weighted by Crippen LogP contribution is 2.41. The van der Waals surface area contributed by atoms with Crippen molar-refractivity contribution in [2.75, 3.05) is 7.11 Å². The second-order valence-electron chi connectivity index (χ2n) is 10.1. The van der Waals surface area contributed by atoms with Crippen LogP contribution in [-0.4, -0.2) is 36.5 Å². The zero-order valence-electron chi connectivity index (χ0n) is 19.2. The molecule has 3 saturated carbocycles. The van der Waals surface area contributed by atoms with Crippen LogP contribution in [0.15, 0.2) is 23.4 Å². The quantitative estimate of drug-likeness (QED) is 0.666. The van der Waals surface area contributed by atoms with Gasteiger partial charge in [0.2, 0.25) is 5.91 Å². The maximum Gasteiger partial charge on any atom is 0.223 e. The van der Waals surface area contributed by atoms with E-state index in [2.05, 4.69) is 22.6 Å². The molecule has 174 valence electrons. The molecule has 0 saturated heterocycles. The third kappa shape index (κ3) is 4.60. The summed E-state index contributed by atoms with van der Waals surface area (Å²) in [5.41, 5.74) is 1.81. The van der Waals surface area contributed by atoms with Crippen molar-refractivity contribution < 1.29 is 19.1 Å². The summed E-state index contributed by atoms with van der Waals surface area (Å²) in [6.45, 7) is 0. The van der Waals surface area contributed by atoms with Crippen LogP contribution in [-0.2, 0) is 9.63 Å². The standard InChI is InChI=1S/C26H36N2O4/c1-30-23-11-10-19(16-24(23)31-21-8-4-5-9-21)22-17-26(32-28-22)14-12-20(13-15-26)27-25(29)18-6-2-3-7-18/h10-11,16,18,20-21H,2-9,12-15,17H2,1H3,(H,27,29). The van der Waals surface area contributed by atoms with E-state index >= 15 is 0 Å². The van der Waals surface area contributed by atoms with E-state index in [-0.39, 0.29) is 29.6 Å². The van der Waals surface area contributed by atoms with Gasteiger partial charge in [-0.25, -0.2) is 0 Å². The molecule has 1 N–H and O–H groups in total. The maximum atomic E-state index is 12.5. The Morgan fingerprint density at radius 2 is 1.75 bits per heavy atom. The summed E-state index contributed by atoms with van der Waals surface area (Å²) in [4.78, 5) is 18.5. The smallest absolute Gasteiger partial charge is 0.223 e. The number of nitrogens with one attached hydrogen (secondary N) is 1. The van der Waals surface area contributed by atoms with Crippen molar-refractivity contribution in [2.45, 2.75) is 101 Å². The van der Waals surface area contributed by atoms with Gasteiger partial charge in [-0.05, 0) is 82.4 Å². The first-order chi connectivity index (χ1) is 15.6. The van der Waals surface area contributed by atoms with Gasteiger partial charge in [0.25, 0.3) is 0 Å². The van der Waals surface area contributed by atoms with Gasteiger partial charge in [-0.1, -0.05) is 18.0 Å². The topological polar surface area (TPSA) is 69.2 Å². The van der Waals surface area contributed by atoms with Crippen molar-refractivity contribution in [3.63, 3.8) is 0 Å². The van der Waals surface area contributed by atoms with Crippen molar-refractivity contribution in [2.24, 2.45) is 11.1 Å². The minimum absolute atomic E-state index is 0.226. The van der Waals surface area contributed by atoms with Gasteiger partial charge in [0, 0.05) is 23.9 Å². The van der Waals surface area contributed by atoms with E-state index in [9.17, 15) is 4.79 Å². The van der Waals surface area contributed by atoms with Crippen molar-refractivity contribution in [3.05, 3.63) is 23.8 Å². The number of ether oxygens (including phenoxy) is 2. The number of carbonyl (C=O) groups is 1. The largest absolute Gasteiger partial charge is 0.493 e. The Labute approximate surface area is 191 Å². The summed E-state index contributed by atoms with van der Waals surface area (Å²) < 4.78 is 11.8. The number of amides is 1. The number of benzene rings is 1. The predicted octanol–water partition coefficient (Wildman–Crippen LogP) is 5.13. The SMILES string of the molecule is COc1ccc(C2=NOC3(CCC(NC(=O)C4CCCC4)CC3)C2)cc1OC1CCCC1. The number of rotatable bonds is 6. The van der Waals surface area contributed by atoms with Crippen LogP contribution in [0.1, 0.15) is 89.0 Å². The summed E-state index contributed by atoms with van der Waals surface area (Å²) in [7, 11) is 1.69. The first-order valence-corrected chi connectivity index (χ1v) is 12.5. The minimum Gasteiger partial charge on any atom is -0.493 e. The number of methoxy groups -OCH3 is 1. The third-order valence-electron chi connectivity index (χ3n) is 7.90. The first kappa shape index (κ1) is 21.6. The van der Waals surface area contributed by atoms with E-state index in [0.717, 1.165) is 80.6 Å². The molecule has 1 aliphatic heterocycles. The Balaban J connectivity index is 1.18. The highest BCUT2D eigenvalue weighted by atomic mass is 16.7. The molecule has 3 aliphatic carbocycles. The molecule has 6 heteroatoms. The number of hydrogen-bond acceptors (Lipinski definition) is 5. The molecule has 1 heterocycles. The summed E-state index contributed by atoms with van der Waals surface area (Å²) >= 11 is 0. The van der Waals surface area contributed by atoms with Gasteiger partial charge in [-0.3, -0.25) is 4.79 Å². The van der Waals surface area contributed by atoms with Gasteiger partial charge in [0.1, 0.15) is 5.60 Å². The van der Waals surface area contributed by atoms with Gasteiger partial charge in [-0.2, -0.15) is 0 Å². The van der Waals surface area contributed by atoms with Crippen LogP contribution in [0.25, 0.3) is 0 Å². The van der Waals surface area contributed by atoms with Crippen LogP contribution in [0.3, 0.4) is 0 Å². The molecule has 6 nitrogen and oxygen atoms in total. The highest BCUT2D eigenvalue weighted by molar-refractivity contribution is 6.02. The lowest BCUT2D eigenvalue weighted by atomic mass is 9.78. The summed E-state index contributed by atoms with van der Waals surface area (Å²) in [6.07, 6.45) is 14.0. The van der Waals surface area contributed by atoms with Crippen molar-refractivity contribution >= 4 is 11.6 Å². The van der Waals surface area contributed by atoms with Crippen LogP contribution in [0.4, 0.5) is 0 Å². The van der Waals surface area contributed by atoms with Crippen LogP contribution in [0, 0.1) is 5.92 Å². The monoisotopic (exact) mass is 440 g/mol. The fourth-order valence-corrected chi connectivity index (χ4v) is 5.87. The lowest BCUT2D eigenvalue weighted by molar-refractivity contribution is -0.126. The second-order valence-corrected chi connectivity index (χ2v) is 10.1. The van der Waals surface area contributed by atoms with Crippen molar-refractivity contribution in [1.82, 2.24) is 5.32 Å². The van der Waals surface area contributed by atoms with Gasteiger partial charge < -0.3 is 19.6 Å². The highest BCUT2D eigenvalue weighted by Gasteiger charge is 2.43. The molecule has 1 aromatic carbocycles. The van der Waals surface area contributed by atoms with E-state index in [0.29, 0.717) is 0 Å². The van der Waals surface area contributed by atoms with E-state index in [1.807, 2.05) is 6.07 Å². The van der Waals surface area contributed by atoms with Gasteiger partial charge in [0.05, 0.1) is 18.9 Å². The van der Waals surface area contributed by atoms with Crippen LogP contribution < -0.4 is 14.8 Å². The Hall–Kier alpha value is -2.24. The molecule has 0 aromatic heterocycles. The Morgan fingerprint density at radius 3 is 2.47 bits per heavy atom. The first-order valence-electron chi connectivity index (χ1n) is 12.5.